The molecule has 0 aliphatic heterocycles. The van der Waals surface area contributed by atoms with Crippen molar-refractivity contribution in [2.45, 2.75) is 6.92 Å². The molecule has 3 heterocycles. The lowest BCUT2D eigenvalue weighted by molar-refractivity contribution is 0.568. The number of halogens is 1. The van der Waals surface area contributed by atoms with Crippen molar-refractivity contribution >= 4 is 5.65 Å². The van der Waals surface area contributed by atoms with Crippen molar-refractivity contribution in [3.05, 3.63) is 60.2 Å². The molecule has 0 unspecified atom stereocenters. The number of pyridine rings is 1. The number of hydrogen-bond donors (Lipinski definition) is 0. The van der Waals surface area contributed by atoms with Gasteiger partial charge in [-0.15, -0.1) is 10.2 Å². The average Bonchev–Trinajstić information content (AvgIpc) is 3.10. The van der Waals surface area contributed by atoms with Crippen molar-refractivity contribution < 1.29 is 8.81 Å². The summed E-state index contributed by atoms with van der Waals surface area (Å²) in [5, 5.41) is 8.00. The van der Waals surface area contributed by atoms with E-state index in [0.29, 0.717) is 11.6 Å². The standard InChI is InChI=1S/C16H11FN4O/c1-10-14(21-9-5-4-8-13(21)18-10)16-20-19-15(22-16)11-6-2-3-7-12(11)17/h2-9H,1H3. The zero-order valence-corrected chi connectivity index (χ0v) is 11.7. The van der Waals surface area contributed by atoms with Crippen LogP contribution in [0.5, 0.6) is 0 Å². The monoisotopic (exact) mass is 294 g/mol. The van der Waals surface area contributed by atoms with Gasteiger partial charge in [0.15, 0.2) is 0 Å². The zero-order valence-electron chi connectivity index (χ0n) is 11.7. The molecule has 0 N–H and O–H groups in total. The van der Waals surface area contributed by atoms with Crippen molar-refractivity contribution in [1.82, 2.24) is 19.6 Å². The van der Waals surface area contributed by atoms with Gasteiger partial charge in [0.1, 0.15) is 17.2 Å². The lowest BCUT2D eigenvalue weighted by Gasteiger charge is -1.98. The summed E-state index contributed by atoms with van der Waals surface area (Å²) in [5.41, 5.74) is 2.56. The number of rotatable bonds is 2. The van der Waals surface area contributed by atoms with E-state index >= 15 is 0 Å². The van der Waals surface area contributed by atoms with Gasteiger partial charge in [0.2, 0.25) is 0 Å². The molecule has 0 amide bonds. The molecule has 0 radical (unpaired) electrons. The highest BCUT2D eigenvalue weighted by Gasteiger charge is 2.18. The van der Waals surface area contributed by atoms with Crippen LogP contribution in [0.3, 0.4) is 0 Å². The normalized spacial score (nSPS) is 11.2. The number of benzene rings is 1. The van der Waals surface area contributed by atoms with Crippen LogP contribution in [0.15, 0.2) is 53.1 Å². The molecule has 0 saturated heterocycles. The van der Waals surface area contributed by atoms with Gasteiger partial charge in [-0.2, -0.15) is 0 Å². The molecule has 0 fully saturated rings. The van der Waals surface area contributed by atoms with Crippen molar-refractivity contribution in [2.24, 2.45) is 0 Å². The fraction of sp³-hybridized carbons (Fsp3) is 0.0625. The fourth-order valence-electron chi connectivity index (χ4n) is 2.43. The Hall–Kier alpha value is -3.02. The van der Waals surface area contributed by atoms with Crippen LogP contribution in [0.2, 0.25) is 0 Å². The Labute approximate surface area is 125 Å². The molecular weight excluding hydrogens is 283 g/mol. The molecule has 5 nitrogen and oxygen atoms in total. The van der Waals surface area contributed by atoms with E-state index < -0.39 is 5.82 Å². The highest BCUT2D eigenvalue weighted by molar-refractivity contribution is 5.61. The first kappa shape index (κ1) is 12.7. The van der Waals surface area contributed by atoms with Gasteiger partial charge in [0.05, 0.1) is 11.3 Å². The minimum absolute atomic E-state index is 0.151. The van der Waals surface area contributed by atoms with Crippen LogP contribution in [0.1, 0.15) is 5.69 Å². The maximum atomic E-state index is 13.8. The highest BCUT2D eigenvalue weighted by Crippen LogP contribution is 2.28. The molecule has 4 aromatic rings. The Morgan fingerprint density at radius 2 is 1.77 bits per heavy atom. The largest absolute Gasteiger partial charge is 0.414 e. The SMILES string of the molecule is Cc1nc2ccccn2c1-c1nnc(-c2ccccc2F)o1. The van der Waals surface area contributed by atoms with Crippen molar-refractivity contribution in [1.29, 1.82) is 0 Å². The van der Waals surface area contributed by atoms with Gasteiger partial charge in [-0.1, -0.05) is 18.2 Å². The Kier molecular flexibility index (Phi) is 2.75. The molecule has 108 valence electrons. The summed E-state index contributed by atoms with van der Waals surface area (Å²) < 4.78 is 21.3. The first-order valence-corrected chi connectivity index (χ1v) is 6.76. The van der Waals surface area contributed by atoms with Crippen LogP contribution < -0.4 is 0 Å². The molecule has 0 atom stereocenters. The van der Waals surface area contributed by atoms with E-state index in [-0.39, 0.29) is 11.5 Å². The third-order valence-corrected chi connectivity index (χ3v) is 3.44. The summed E-state index contributed by atoms with van der Waals surface area (Å²) in [6.07, 6.45) is 1.87. The number of fused-ring (bicyclic) bond motifs is 1. The second-order valence-electron chi connectivity index (χ2n) is 4.87. The third-order valence-electron chi connectivity index (χ3n) is 3.44. The minimum atomic E-state index is -0.396. The highest BCUT2D eigenvalue weighted by atomic mass is 19.1. The van der Waals surface area contributed by atoms with E-state index in [2.05, 4.69) is 15.2 Å². The summed E-state index contributed by atoms with van der Waals surface area (Å²) >= 11 is 0. The van der Waals surface area contributed by atoms with Gasteiger partial charge < -0.3 is 4.42 Å². The number of nitrogens with zero attached hydrogens (tertiary/aromatic N) is 4. The lowest BCUT2D eigenvalue weighted by Crippen LogP contribution is -1.88. The van der Waals surface area contributed by atoms with Gasteiger partial charge in [-0.05, 0) is 31.2 Å². The van der Waals surface area contributed by atoms with Gasteiger partial charge in [-0.3, -0.25) is 4.40 Å². The van der Waals surface area contributed by atoms with E-state index in [1.165, 1.54) is 6.07 Å². The van der Waals surface area contributed by atoms with Crippen LogP contribution in [-0.4, -0.2) is 19.6 Å². The molecule has 0 bridgehead atoms. The maximum Gasteiger partial charge on any atom is 0.266 e. The molecule has 0 spiro atoms. The molecule has 0 aliphatic carbocycles. The zero-order chi connectivity index (χ0) is 15.1. The quantitative estimate of drug-likeness (QED) is 0.568. The molecule has 22 heavy (non-hydrogen) atoms. The first-order chi connectivity index (χ1) is 10.7. The summed E-state index contributed by atoms with van der Waals surface area (Å²) in [7, 11) is 0. The van der Waals surface area contributed by atoms with Crippen LogP contribution in [0.4, 0.5) is 4.39 Å². The van der Waals surface area contributed by atoms with Crippen LogP contribution in [-0.2, 0) is 0 Å². The number of aromatic nitrogens is 4. The smallest absolute Gasteiger partial charge is 0.266 e. The summed E-state index contributed by atoms with van der Waals surface area (Å²) in [6.45, 7) is 1.87. The first-order valence-electron chi connectivity index (χ1n) is 6.76. The van der Waals surface area contributed by atoms with Gasteiger partial charge in [0.25, 0.3) is 11.8 Å². The van der Waals surface area contributed by atoms with E-state index in [9.17, 15) is 4.39 Å². The van der Waals surface area contributed by atoms with Crippen molar-refractivity contribution in [3.63, 3.8) is 0 Å². The molecule has 3 aromatic heterocycles. The molecular formula is C16H11FN4O. The second kappa shape index (κ2) is 4.77. The minimum Gasteiger partial charge on any atom is -0.414 e. The lowest BCUT2D eigenvalue weighted by atomic mass is 10.2. The number of imidazole rings is 1. The molecule has 0 saturated carbocycles. The predicted octanol–water partition coefficient (Wildman–Crippen LogP) is 3.50. The Morgan fingerprint density at radius 3 is 2.64 bits per heavy atom. The van der Waals surface area contributed by atoms with Gasteiger partial charge in [0, 0.05) is 6.20 Å². The van der Waals surface area contributed by atoms with Crippen molar-refractivity contribution in [2.75, 3.05) is 0 Å². The third kappa shape index (κ3) is 1.88. The van der Waals surface area contributed by atoms with Gasteiger partial charge in [-0.25, -0.2) is 9.37 Å². The summed E-state index contributed by atoms with van der Waals surface area (Å²) in [6, 6.07) is 12.0. The van der Waals surface area contributed by atoms with E-state index in [1.807, 2.05) is 35.7 Å². The Morgan fingerprint density at radius 1 is 1.00 bits per heavy atom. The second-order valence-corrected chi connectivity index (χ2v) is 4.87. The Balaban J connectivity index is 1.88. The summed E-state index contributed by atoms with van der Waals surface area (Å²) in [4.78, 5) is 4.45. The maximum absolute atomic E-state index is 13.8. The van der Waals surface area contributed by atoms with Crippen LogP contribution >= 0.6 is 0 Å². The van der Waals surface area contributed by atoms with Crippen LogP contribution in [0.25, 0.3) is 28.7 Å². The van der Waals surface area contributed by atoms with E-state index in [1.54, 1.807) is 18.2 Å². The predicted molar refractivity (Wildman–Crippen MR) is 78.6 cm³/mol. The van der Waals surface area contributed by atoms with Gasteiger partial charge >= 0.3 is 0 Å². The Bertz CT molecular complexity index is 973. The fourth-order valence-corrected chi connectivity index (χ4v) is 2.43. The van der Waals surface area contributed by atoms with Crippen molar-refractivity contribution in [3.8, 4) is 23.0 Å². The van der Waals surface area contributed by atoms with E-state index in [4.69, 9.17) is 4.42 Å². The number of hydrogen-bond acceptors (Lipinski definition) is 4. The molecule has 4 rings (SSSR count). The summed E-state index contributed by atoms with van der Waals surface area (Å²) in [5.74, 6) is 0.0698. The molecule has 0 aliphatic rings. The average molecular weight is 294 g/mol. The number of aryl methyl sites for hydroxylation is 1. The molecule has 6 heteroatoms. The van der Waals surface area contributed by atoms with Crippen LogP contribution in [0, 0.1) is 12.7 Å². The van der Waals surface area contributed by atoms with E-state index in [0.717, 1.165) is 11.3 Å². The topological polar surface area (TPSA) is 56.2 Å². The molecule has 1 aromatic carbocycles.